The molecule has 3 aromatic rings. The summed E-state index contributed by atoms with van der Waals surface area (Å²) < 4.78 is 5.74. The zero-order valence-corrected chi connectivity index (χ0v) is 14.2. The van der Waals surface area contributed by atoms with Crippen molar-refractivity contribution in [1.29, 1.82) is 5.26 Å². The molecule has 1 heterocycles. The molecule has 0 spiro atoms. The lowest BCUT2D eigenvalue weighted by molar-refractivity contribution is 0.305. The Morgan fingerprint density at radius 3 is 2.64 bits per heavy atom. The zero-order valence-electron chi connectivity index (χ0n) is 13.4. The van der Waals surface area contributed by atoms with E-state index in [0.29, 0.717) is 23.7 Å². The maximum atomic E-state index is 9.16. The Morgan fingerprint density at radius 1 is 1.08 bits per heavy atom. The van der Waals surface area contributed by atoms with Crippen LogP contribution < -0.4 is 10.1 Å². The fraction of sp³-hybridized carbons (Fsp3) is 0.100. The molecular weight excluding hydrogens is 334 g/mol. The lowest BCUT2D eigenvalue weighted by Gasteiger charge is -2.10. The largest absolute Gasteiger partial charge is 0.489 e. The number of anilines is 1. The summed E-state index contributed by atoms with van der Waals surface area (Å²) in [5, 5.41) is 13.0. The predicted octanol–water partition coefficient (Wildman–Crippen LogP) is 4.80. The van der Waals surface area contributed by atoms with E-state index in [4.69, 9.17) is 21.6 Å². The first-order valence-corrected chi connectivity index (χ1v) is 8.16. The summed E-state index contributed by atoms with van der Waals surface area (Å²) in [7, 11) is 0. The third kappa shape index (κ3) is 4.72. The Balaban J connectivity index is 1.57. The van der Waals surface area contributed by atoms with E-state index in [1.807, 2.05) is 42.5 Å². The first-order chi connectivity index (χ1) is 12.2. The van der Waals surface area contributed by atoms with E-state index < -0.39 is 0 Å². The highest BCUT2D eigenvalue weighted by Gasteiger charge is 2.03. The van der Waals surface area contributed by atoms with Crippen LogP contribution in [0.3, 0.4) is 0 Å². The molecule has 0 bridgehead atoms. The van der Waals surface area contributed by atoms with Crippen molar-refractivity contribution in [3.63, 3.8) is 0 Å². The maximum Gasteiger partial charge on any atom is 0.119 e. The van der Waals surface area contributed by atoms with Gasteiger partial charge in [-0.25, -0.2) is 0 Å². The number of halogens is 1. The number of nitriles is 1. The third-order valence-electron chi connectivity index (χ3n) is 3.64. The fourth-order valence-electron chi connectivity index (χ4n) is 2.31. The second-order valence-electron chi connectivity index (χ2n) is 5.45. The Morgan fingerprint density at radius 2 is 1.92 bits per heavy atom. The van der Waals surface area contributed by atoms with Crippen LogP contribution in [0.1, 0.15) is 16.7 Å². The van der Waals surface area contributed by atoms with Crippen molar-refractivity contribution >= 4 is 17.3 Å². The van der Waals surface area contributed by atoms with Gasteiger partial charge in [0.15, 0.2) is 0 Å². The van der Waals surface area contributed by atoms with Gasteiger partial charge < -0.3 is 10.1 Å². The number of aromatic nitrogens is 1. The van der Waals surface area contributed by atoms with E-state index in [0.717, 1.165) is 22.6 Å². The average Bonchev–Trinajstić information content (AvgIpc) is 2.67. The van der Waals surface area contributed by atoms with Crippen LogP contribution >= 0.6 is 11.6 Å². The number of ether oxygens (including phenoxy) is 1. The summed E-state index contributed by atoms with van der Waals surface area (Å²) in [5.74, 6) is 0.803. The molecule has 0 saturated carbocycles. The Hall–Kier alpha value is -3.03. The van der Waals surface area contributed by atoms with Crippen LogP contribution in [0.25, 0.3) is 0 Å². The molecule has 0 fully saturated rings. The molecule has 0 saturated heterocycles. The topological polar surface area (TPSA) is 57.9 Å². The van der Waals surface area contributed by atoms with Gasteiger partial charge >= 0.3 is 0 Å². The van der Waals surface area contributed by atoms with Crippen LogP contribution in [0.4, 0.5) is 5.69 Å². The van der Waals surface area contributed by atoms with Crippen molar-refractivity contribution in [3.8, 4) is 11.8 Å². The number of hydrogen-bond donors (Lipinski definition) is 1. The highest BCUT2D eigenvalue weighted by Crippen LogP contribution is 2.21. The summed E-state index contributed by atoms with van der Waals surface area (Å²) >= 11 is 5.91. The molecule has 124 valence electrons. The SMILES string of the molecule is N#Cc1cc(Cl)ccc1NCc1ccc(OCc2cccnc2)cc1. The van der Waals surface area contributed by atoms with E-state index in [2.05, 4.69) is 16.4 Å². The Bertz CT molecular complexity index is 874. The van der Waals surface area contributed by atoms with Crippen molar-refractivity contribution in [2.24, 2.45) is 0 Å². The smallest absolute Gasteiger partial charge is 0.119 e. The average molecular weight is 350 g/mol. The lowest BCUT2D eigenvalue weighted by atomic mass is 10.1. The molecule has 1 aromatic heterocycles. The van der Waals surface area contributed by atoms with Gasteiger partial charge in [-0.1, -0.05) is 29.8 Å². The summed E-state index contributed by atoms with van der Waals surface area (Å²) in [5.41, 5.74) is 3.42. The minimum atomic E-state index is 0.488. The molecule has 25 heavy (non-hydrogen) atoms. The van der Waals surface area contributed by atoms with Crippen molar-refractivity contribution in [3.05, 3.63) is 88.7 Å². The van der Waals surface area contributed by atoms with Gasteiger partial charge in [-0.3, -0.25) is 4.98 Å². The quantitative estimate of drug-likeness (QED) is 0.694. The molecule has 0 radical (unpaired) electrons. The zero-order chi connectivity index (χ0) is 17.5. The van der Waals surface area contributed by atoms with Crippen molar-refractivity contribution < 1.29 is 4.74 Å². The lowest BCUT2D eigenvalue weighted by Crippen LogP contribution is -2.01. The summed E-state index contributed by atoms with van der Waals surface area (Å²) in [4.78, 5) is 4.06. The first-order valence-electron chi connectivity index (χ1n) is 7.79. The molecule has 4 nitrogen and oxygen atoms in total. The van der Waals surface area contributed by atoms with Gasteiger partial charge in [0, 0.05) is 29.5 Å². The Kier molecular flexibility index (Phi) is 5.50. The van der Waals surface area contributed by atoms with Gasteiger partial charge in [-0.2, -0.15) is 5.26 Å². The first kappa shape index (κ1) is 16.8. The molecule has 0 aliphatic heterocycles. The monoisotopic (exact) mass is 349 g/mol. The van der Waals surface area contributed by atoms with Crippen molar-refractivity contribution in [1.82, 2.24) is 4.98 Å². The molecule has 0 amide bonds. The van der Waals surface area contributed by atoms with Crippen LogP contribution in [-0.2, 0) is 13.2 Å². The number of nitrogens with zero attached hydrogens (tertiary/aromatic N) is 2. The molecule has 0 atom stereocenters. The predicted molar refractivity (Wildman–Crippen MR) is 98.5 cm³/mol. The van der Waals surface area contributed by atoms with Gasteiger partial charge in [0.1, 0.15) is 18.4 Å². The van der Waals surface area contributed by atoms with E-state index >= 15 is 0 Å². The van der Waals surface area contributed by atoms with E-state index in [-0.39, 0.29) is 0 Å². The molecule has 0 aliphatic rings. The van der Waals surface area contributed by atoms with Gasteiger partial charge in [-0.05, 0) is 42.0 Å². The van der Waals surface area contributed by atoms with Gasteiger partial charge in [0.05, 0.1) is 11.3 Å². The summed E-state index contributed by atoms with van der Waals surface area (Å²) in [6.07, 6.45) is 3.53. The Labute approximate surface area is 151 Å². The number of pyridine rings is 1. The fourth-order valence-corrected chi connectivity index (χ4v) is 2.49. The number of nitrogens with one attached hydrogen (secondary N) is 1. The van der Waals surface area contributed by atoms with Gasteiger partial charge in [0.25, 0.3) is 0 Å². The molecule has 2 aromatic carbocycles. The van der Waals surface area contributed by atoms with E-state index in [9.17, 15) is 0 Å². The van der Waals surface area contributed by atoms with Crippen LogP contribution in [0.5, 0.6) is 5.75 Å². The molecule has 1 N–H and O–H groups in total. The van der Waals surface area contributed by atoms with Crippen LogP contribution in [0.15, 0.2) is 67.0 Å². The van der Waals surface area contributed by atoms with Crippen molar-refractivity contribution in [2.45, 2.75) is 13.2 Å². The van der Waals surface area contributed by atoms with Crippen LogP contribution in [0, 0.1) is 11.3 Å². The summed E-state index contributed by atoms with van der Waals surface area (Å²) in [6.45, 7) is 1.10. The highest BCUT2D eigenvalue weighted by atomic mass is 35.5. The van der Waals surface area contributed by atoms with Crippen LogP contribution in [0.2, 0.25) is 5.02 Å². The minimum absolute atomic E-state index is 0.488. The van der Waals surface area contributed by atoms with Gasteiger partial charge in [-0.15, -0.1) is 0 Å². The van der Waals surface area contributed by atoms with Gasteiger partial charge in [0.2, 0.25) is 0 Å². The molecular formula is C20H16ClN3O. The van der Waals surface area contributed by atoms with E-state index in [1.54, 1.807) is 24.5 Å². The number of rotatable bonds is 6. The molecule has 0 unspecified atom stereocenters. The minimum Gasteiger partial charge on any atom is -0.489 e. The molecule has 3 rings (SSSR count). The second-order valence-corrected chi connectivity index (χ2v) is 5.89. The second kappa shape index (κ2) is 8.18. The highest BCUT2D eigenvalue weighted by molar-refractivity contribution is 6.30. The normalized spacial score (nSPS) is 10.1. The molecule has 0 aliphatic carbocycles. The summed E-state index contributed by atoms with van der Waals surface area (Å²) in [6, 6.07) is 19.1. The van der Waals surface area contributed by atoms with Crippen molar-refractivity contribution in [2.75, 3.05) is 5.32 Å². The van der Waals surface area contributed by atoms with E-state index in [1.165, 1.54) is 0 Å². The number of hydrogen-bond acceptors (Lipinski definition) is 4. The number of benzene rings is 2. The maximum absolute atomic E-state index is 9.16. The third-order valence-corrected chi connectivity index (χ3v) is 3.87. The standard InChI is InChI=1S/C20H16ClN3O/c21-18-5-8-20(17(10-18)11-22)24-13-15-3-6-19(7-4-15)25-14-16-2-1-9-23-12-16/h1-10,12,24H,13-14H2. The van der Waals surface area contributed by atoms with Crippen LogP contribution in [-0.4, -0.2) is 4.98 Å². The molecule has 5 heteroatoms.